The molecule has 0 aliphatic heterocycles. The number of anilines is 1. The van der Waals surface area contributed by atoms with Crippen LogP contribution < -0.4 is 24.3 Å². The number of carbonyl (C=O) groups is 1. The van der Waals surface area contributed by atoms with Crippen molar-refractivity contribution in [2.45, 2.75) is 6.92 Å². The molecule has 0 spiro atoms. The van der Waals surface area contributed by atoms with Crippen molar-refractivity contribution >= 4 is 11.6 Å². The molecule has 0 saturated carbocycles. The predicted octanol–water partition coefficient (Wildman–Crippen LogP) is 4.76. The van der Waals surface area contributed by atoms with Crippen LogP contribution in [0.3, 0.4) is 0 Å². The van der Waals surface area contributed by atoms with Crippen LogP contribution in [-0.2, 0) is 4.79 Å². The third-order valence-corrected chi connectivity index (χ3v) is 5.26. The van der Waals surface area contributed by atoms with E-state index in [4.69, 9.17) is 23.5 Å². The molecule has 3 aromatic carbocycles. The summed E-state index contributed by atoms with van der Waals surface area (Å²) in [5.74, 6) is 2.39. The molecule has 0 atom stereocenters. The topological polar surface area (TPSA) is 105 Å². The first-order valence-electron chi connectivity index (χ1n) is 10.7. The van der Waals surface area contributed by atoms with Gasteiger partial charge < -0.3 is 28.8 Å². The van der Waals surface area contributed by atoms with E-state index in [1.54, 1.807) is 43.5 Å². The molecule has 1 amide bonds. The molecule has 4 rings (SSSR count). The number of aromatic nitrogens is 2. The number of nitrogens with zero attached hydrogens (tertiary/aromatic N) is 2. The highest BCUT2D eigenvalue weighted by Gasteiger charge is 2.16. The molecular formula is C26H25N3O6. The zero-order valence-electron chi connectivity index (χ0n) is 19.8. The van der Waals surface area contributed by atoms with Crippen LogP contribution >= 0.6 is 0 Å². The molecule has 1 N–H and O–H groups in total. The van der Waals surface area contributed by atoms with E-state index in [0.717, 1.165) is 11.1 Å². The van der Waals surface area contributed by atoms with E-state index < -0.39 is 0 Å². The van der Waals surface area contributed by atoms with Gasteiger partial charge in [0.1, 0.15) is 11.5 Å². The SMILES string of the molecule is COc1ccc(OC)c(NC(=O)COc2ccc(-c3noc(-c4ccccc4C)n3)cc2OC)c1. The fourth-order valence-electron chi connectivity index (χ4n) is 3.43. The van der Waals surface area contributed by atoms with E-state index in [-0.39, 0.29) is 12.5 Å². The monoisotopic (exact) mass is 475 g/mol. The number of benzene rings is 3. The van der Waals surface area contributed by atoms with Crippen molar-refractivity contribution in [3.63, 3.8) is 0 Å². The van der Waals surface area contributed by atoms with Crippen LogP contribution in [0.1, 0.15) is 5.56 Å². The maximum absolute atomic E-state index is 12.5. The van der Waals surface area contributed by atoms with Gasteiger partial charge in [0.25, 0.3) is 11.8 Å². The molecule has 0 fully saturated rings. The Morgan fingerprint density at radius 3 is 2.43 bits per heavy atom. The molecule has 35 heavy (non-hydrogen) atoms. The van der Waals surface area contributed by atoms with Gasteiger partial charge in [-0.15, -0.1) is 0 Å². The van der Waals surface area contributed by atoms with Crippen molar-refractivity contribution in [1.29, 1.82) is 0 Å². The second kappa shape index (κ2) is 10.6. The number of hydrogen-bond donors (Lipinski definition) is 1. The zero-order valence-corrected chi connectivity index (χ0v) is 19.8. The minimum atomic E-state index is -0.372. The molecule has 0 aliphatic carbocycles. The molecule has 1 aromatic heterocycles. The van der Waals surface area contributed by atoms with Crippen LogP contribution in [0.25, 0.3) is 22.8 Å². The smallest absolute Gasteiger partial charge is 0.262 e. The minimum absolute atomic E-state index is 0.240. The normalized spacial score (nSPS) is 10.5. The van der Waals surface area contributed by atoms with E-state index in [1.165, 1.54) is 14.2 Å². The van der Waals surface area contributed by atoms with Crippen molar-refractivity contribution in [2.24, 2.45) is 0 Å². The summed E-state index contributed by atoms with van der Waals surface area (Å²) >= 11 is 0. The molecular weight excluding hydrogens is 450 g/mol. The van der Waals surface area contributed by atoms with E-state index in [2.05, 4.69) is 15.5 Å². The average molecular weight is 476 g/mol. The van der Waals surface area contributed by atoms with Gasteiger partial charge in [-0.05, 0) is 48.9 Å². The van der Waals surface area contributed by atoms with Gasteiger partial charge in [-0.3, -0.25) is 4.79 Å². The lowest BCUT2D eigenvalue weighted by molar-refractivity contribution is -0.118. The summed E-state index contributed by atoms with van der Waals surface area (Å²) < 4.78 is 27.1. The van der Waals surface area contributed by atoms with Crippen molar-refractivity contribution < 1.29 is 28.3 Å². The molecule has 0 aliphatic rings. The van der Waals surface area contributed by atoms with Gasteiger partial charge in [-0.1, -0.05) is 23.4 Å². The molecule has 0 radical (unpaired) electrons. The molecule has 180 valence electrons. The number of ether oxygens (including phenoxy) is 4. The number of nitrogens with one attached hydrogen (secondary N) is 1. The first kappa shape index (κ1) is 23.6. The minimum Gasteiger partial charge on any atom is -0.497 e. The fourth-order valence-corrected chi connectivity index (χ4v) is 3.43. The van der Waals surface area contributed by atoms with Gasteiger partial charge in [0, 0.05) is 17.2 Å². The molecule has 0 saturated heterocycles. The first-order valence-corrected chi connectivity index (χ1v) is 10.7. The first-order chi connectivity index (χ1) is 17.0. The van der Waals surface area contributed by atoms with Crippen molar-refractivity contribution in [2.75, 3.05) is 33.3 Å². The van der Waals surface area contributed by atoms with Gasteiger partial charge in [0.05, 0.1) is 27.0 Å². The van der Waals surface area contributed by atoms with Crippen molar-refractivity contribution in [1.82, 2.24) is 10.1 Å². The van der Waals surface area contributed by atoms with E-state index in [0.29, 0.717) is 46.0 Å². The molecule has 4 aromatic rings. The Hall–Kier alpha value is -4.53. The fraction of sp³-hybridized carbons (Fsp3) is 0.192. The van der Waals surface area contributed by atoms with Crippen LogP contribution in [0, 0.1) is 6.92 Å². The second-order valence-electron chi connectivity index (χ2n) is 7.51. The molecule has 0 unspecified atom stereocenters. The highest BCUT2D eigenvalue weighted by Crippen LogP contribution is 2.33. The van der Waals surface area contributed by atoms with Crippen LogP contribution in [0.2, 0.25) is 0 Å². The van der Waals surface area contributed by atoms with E-state index in [9.17, 15) is 4.79 Å². The van der Waals surface area contributed by atoms with Crippen molar-refractivity contribution in [3.8, 4) is 45.8 Å². The number of rotatable bonds is 9. The highest BCUT2D eigenvalue weighted by molar-refractivity contribution is 5.93. The lowest BCUT2D eigenvalue weighted by atomic mass is 10.1. The van der Waals surface area contributed by atoms with E-state index in [1.807, 2.05) is 31.2 Å². The van der Waals surface area contributed by atoms with Crippen LogP contribution in [-0.4, -0.2) is 44.0 Å². The second-order valence-corrected chi connectivity index (χ2v) is 7.51. The van der Waals surface area contributed by atoms with Gasteiger partial charge >= 0.3 is 0 Å². The van der Waals surface area contributed by atoms with Gasteiger partial charge in [0.15, 0.2) is 18.1 Å². The molecule has 9 heteroatoms. The summed E-state index contributed by atoms with van der Waals surface area (Å²) in [7, 11) is 4.58. The summed E-state index contributed by atoms with van der Waals surface area (Å²) in [6.45, 7) is 1.74. The Labute approximate surface area is 202 Å². The van der Waals surface area contributed by atoms with Crippen LogP contribution in [0.5, 0.6) is 23.0 Å². The third-order valence-electron chi connectivity index (χ3n) is 5.26. The summed E-state index contributed by atoms with van der Waals surface area (Å²) in [4.78, 5) is 17.0. The van der Waals surface area contributed by atoms with Crippen LogP contribution in [0.4, 0.5) is 5.69 Å². The van der Waals surface area contributed by atoms with Gasteiger partial charge in [-0.25, -0.2) is 0 Å². The maximum Gasteiger partial charge on any atom is 0.262 e. The maximum atomic E-state index is 12.5. The highest BCUT2D eigenvalue weighted by atomic mass is 16.5. The summed E-state index contributed by atoms with van der Waals surface area (Å²) in [5.41, 5.74) is 3.07. The zero-order chi connectivity index (χ0) is 24.8. The third kappa shape index (κ3) is 5.35. The van der Waals surface area contributed by atoms with Crippen LogP contribution in [0.15, 0.2) is 65.2 Å². The number of hydrogen-bond acceptors (Lipinski definition) is 8. The number of amides is 1. The number of aryl methyl sites for hydroxylation is 1. The summed E-state index contributed by atoms with van der Waals surface area (Å²) in [6.07, 6.45) is 0. The Balaban J connectivity index is 1.46. The standard InChI is InChI=1S/C26H25N3O6/c1-16-7-5-6-8-19(16)26-28-25(29-35-26)17-9-11-22(23(13-17)33-4)34-15-24(30)27-20-14-18(31-2)10-12-21(20)32-3/h5-14H,15H2,1-4H3,(H,27,30). The lowest BCUT2D eigenvalue weighted by Crippen LogP contribution is -2.20. The largest absolute Gasteiger partial charge is 0.497 e. The molecule has 9 nitrogen and oxygen atoms in total. The molecule has 1 heterocycles. The van der Waals surface area contributed by atoms with E-state index >= 15 is 0 Å². The Morgan fingerprint density at radius 2 is 1.69 bits per heavy atom. The lowest BCUT2D eigenvalue weighted by Gasteiger charge is -2.13. The van der Waals surface area contributed by atoms with Gasteiger partial charge in [0.2, 0.25) is 5.82 Å². The Bertz CT molecular complexity index is 1330. The predicted molar refractivity (Wildman–Crippen MR) is 130 cm³/mol. The summed E-state index contributed by atoms with van der Waals surface area (Å²) in [5, 5.41) is 6.85. The van der Waals surface area contributed by atoms with Crippen molar-refractivity contribution in [3.05, 3.63) is 66.2 Å². The number of carbonyl (C=O) groups excluding carboxylic acids is 1. The Morgan fingerprint density at radius 1 is 0.914 bits per heavy atom. The Kier molecular flexibility index (Phi) is 7.15. The average Bonchev–Trinajstić information content (AvgIpc) is 3.37. The summed E-state index contributed by atoms with van der Waals surface area (Å²) in [6, 6.07) is 18.1. The number of methoxy groups -OCH3 is 3. The molecule has 0 bridgehead atoms. The van der Waals surface area contributed by atoms with Gasteiger partial charge in [-0.2, -0.15) is 4.98 Å². The quantitative estimate of drug-likeness (QED) is 0.370.